The van der Waals surface area contributed by atoms with Gasteiger partial charge in [-0.15, -0.1) is 0 Å². The number of hydrogen-bond donors (Lipinski definition) is 2. The highest BCUT2D eigenvalue weighted by molar-refractivity contribution is 7.09. The molecule has 0 aliphatic carbocycles. The van der Waals surface area contributed by atoms with Gasteiger partial charge in [0.15, 0.2) is 0 Å². The molecular weight excluding hydrogens is 220 g/mol. The summed E-state index contributed by atoms with van der Waals surface area (Å²) in [5, 5.41) is 4.29. The third-order valence-electron chi connectivity index (χ3n) is 2.43. The summed E-state index contributed by atoms with van der Waals surface area (Å²) in [6.45, 7) is 9.22. The monoisotopic (exact) mass is 242 g/mol. The van der Waals surface area contributed by atoms with Crippen LogP contribution in [0.4, 0.5) is 5.13 Å². The van der Waals surface area contributed by atoms with Gasteiger partial charge in [-0.05, 0) is 19.4 Å². The fourth-order valence-corrected chi connectivity index (χ4v) is 2.18. The first-order valence-electron chi connectivity index (χ1n) is 5.78. The second kappa shape index (κ2) is 5.59. The molecule has 1 unspecified atom stereocenters. The summed E-state index contributed by atoms with van der Waals surface area (Å²) in [5.41, 5.74) is 5.58. The Kier molecular flexibility index (Phi) is 4.68. The molecule has 0 aliphatic rings. The topological polar surface area (TPSA) is 63.8 Å². The highest BCUT2D eigenvalue weighted by Crippen LogP contribution is 2.23. The van der Waals surface area contributed by atoms with Crippen LogP contribution >= 0.6 is 11.5 Å². The van der Waals surface area contributed by atoms with E-state index in [0.717, 1.165) is 23.8 Å². The van der Waals surface area contributed by atoms with Gasteiger partial charge in [0, 0.05) is 23.0 Å². The number of nitrogens with one attached hydrogen (secondary N) is 1. The largest absolute Gasteiger partial charge is 0.358 e. The van der Waals surface area contributed by atoms with Crippen molar-refractivity contribution in [2.75, 3.05) is 11.9 Å². The van der Waals surface area contributed by atoms with E-state index in [9.17, 15) is 0 Å². The van der Waals surface area contributed by atoms with Crippen LogP contribution in [0.1, 0.15) is 46.4 Å². The molecule has 0 radical (unpaired) electrons. The quantitative estimate of drug-likeness (QED) is 0.832. The Morgan fingerprint density at radius 2 is 2.12 bits per heavy atom. The number of nitrogens with zero attached hydrogens (tertiary/aromatic N) is 2. The zero-order valence-electron chi connectivity index (χ0n) is 10.6. The highest BCUT2D eigenvalue weighted by Gasteiger charge is 2.20. The van der Waals surface area contributed by atoms with E-state index in [2.05, 4.69) is 42.4 Å². The molecule has 0 amide bonds. The molecule has 1 heterocycles. The Morgan fingerprint density at radius 1 is 1.44 bits per heavy atom. The molecule has 0 bridgehead atoms. The molecule has 1 aromatic heterocycles. The fraction of sp³-hybridized carbons (Fsp3) is 0.818. The number of anilines is 1. The molecule has 0 saturated heterocycles. The van der Waals surface area contributed by atoms with Crippen LogP contribution in [0.2, 0.25) is 0 Å². The number of nitrogens with two attached hydrogens (primary N) is 1. The van der Waals surface area contributed by atoms with Gasteiger partial charge >= 0.3 is 0 Å². The van der Waals surface area contributed by atoms with Crippen molar-refractivity contribution in [3.63, 3.8) is 0 Å². The predicted octanol–water partition coefficient (Wildman–Crippen LogP) is 2.37. The lowest BCUT2D eigenvalue weighted by molar-refractivity contribution is 0.554. The van der Waals surface area contributed by atoms with Crippen LogP contribution < -0.4 is 11.1 Å². The van der Waals surface area contributed by atoms with E-state index in [1.165, 1.54) is 11.5 Å². The van der Waals surface area contributed by atoms with Crippen molar-refractivity contribution in [2.45, 2.75) is 52.0 Å². The maximum absolute atomic E-state index is 5.56. The zero-order chi connectivity index (χ0) is 12.2. The van der Waals surface area contributed by atoms with Crippen LogP contribution in [0.25, 0.3) is 0 Å². The fourth-order valence-electron chi connectivity index (χ4n) is 1.34. The molecule has 0 aromatic carbocycles. The Morgan fingerprint density at radius 3 is 2.56 bits per heavy atom. The van der Waals surface area contributed by atoms with Crippen molar-refractivity contribution >= 4 is 16.7 Å². The SMILES string of the molecule is CCC(CCN)Nc1nc(C(C)(C)C)ns1. The molecule has 0 fully saturated rings. The van der Waals surface area contributed by atoms with Crippen LogP contribution in [0.5, 0.6) is 0 Å². The maximum atomic E-state index is 5.56. The summed E-state index contributed by atoms with van der Waals surface area (Å²) >= 11 is 1.43. The Balaban J connectivity index is 2.64. The van der Waals surface area contributed by atoms with Crippen molar-refractivity contribution in [1.82, 2.24) is 9.36 Å². The molecular formula is C11H22N4S. The Bertz CT molecular complexity index is 316. The van der Waals surface area contributed by atoms with Gasteiger partial charge < -0.3 is 11.1 Å². The van der Waals surface area contributed by atoms with Crippen molar-refractivity contribution in [3.8, 4) is 0 Å². The summed E-state index contributed by atoms with van der Waals surface area (Å²) < 4.78 is 4.37. The molecule has 0 saturated carbocycles. The molecule has 92 valence electrons. The lowest BCUT2D eigenvalue weighted by Crippen LogP contribution is -2.22. The summed E-state index contributed by atoms with van der Waals surface area (Å²) in [6, 6.07) is 0.408. The standard InChI is InChI=1S/C11H22N4S/c1-5-8(6-7-12)13-10-14-9(15-16-10)11(2,3)4/h8H,5-7,12H2,1-4H3,(H,13,14,15). The number of aromatic nitrogens is 2. The van der Waals surface area contributed by atoms with Crippen LogP contribution in [-0.2, 0) is 5.41 Å². The van der Waals surface area contributed by atoms with Gasteiger partial charge in [-0.25, -0.2) is 4.98 Å². The van der Waals surface area contributed by atoms with Crippen molar-refractivity contribution in [3.05, 3.63) is 5.82 Å². The molecule has 1 aromatic rings. The van der Waals surface area contributed by atoms with Crippen molar-refractivity contribution < 1.29 is 0 Å². The average molecular weight is 242 g/mol. The minimum atomic E-state index is 0.0198. The summed E-state index contributed by atoms with van der Waals surface area (Å²) in [4.78, 5) is 4.51. The van der Waals surface area contributed by atoms with E-state index in [4.69, 9.17) is 5.73 Å². The molecule has 0 spiro atoms. The van der Waals surface area contributed by atoms with Crippen LogP contribution in [0.3, 0.4) is 0 Å². The van der Waals surface area contributed by atoms with Gasteiger partial charge in [0.05, 0.1) is 0 Å². The van der Waals surface area contributed by atoms with E-state index in [1.807, 2.05) is 0 Å². The third-order valence-corrected chi connectivity index (χ3v) is 3.08. The number of rotatable bonds is 5. The van der Waals surface area contributed by atoms with Gasteiger partial charge in [-0.2, -0.15) is 4.37 Å². The zero-order valence-corrected chi connectivity index (χ0v) is 11.4. The Labute approximate surface area is 102 Å². The van der Waals surface area contributed by atoms with Gasteiger partial charge in [-0.3, -0.25) is 0 Å². The smallest absolute Gasteiger partial charge is 0.202 e. The predicted molar refractivity (Wildman–Crippen MR) is 70.0 cm³/mol. The van der Waals surface area contributed by atoms with E-state index < -0.39 is 0 Å². The molecule has 3 N–H and O–H groups in total. The molecule has 1 atom stereocenters. The molecule has 4 nitrogen and oxygen atoms in total. The lowest BCUT2D eigenvalue weighted by Gasteiger charge is -2.15. The molecule has 1 rings (SSSR count). The minimum absolute atomic E-state index is 0.0198. The first-order valence-corrected chi connectivity index (χ1v) is 6.55. The highest BCUT2D eigenvalue weighted by atomic mass is 32.1. The van der Waals surface area contributed by atoms with Crippen LogP contribution in [0.15, 0.2) is 0 Å². The van der Waals surface area contributed by atoms with Gasteiger partial charge in [0.1, 0.15) is 5.82 Å². The average Bonchev–Trinajstić information content (AvgIpc) is 2.65. The molecule has 0 aliphatic heterocycles. The third kappa shape index (κ3) is 3.72. The van der Waals surface area contributed by atoms with Crippen LogP contribution in [-0.4, -0.2) is 21.9 Å². The van der Waals surface area contributed by atoms with Crippen molar-refractivity contribution in [1.29, 1.82) is 0 Å². The van der Waals surface area contributed by atoms with E-state index in [0.29, 0.717) is 12.6 Å². The lowest BCUT2D eigenvalue weighted by atomic mass is 9.96. The van der Waals surface area contributed by atoms with E-state index in [-0.39, 0.29) is 5.41 Å². The second-order valence-corrected chi connectivity index (χ2v) is 5.75. The van der Waals surface area contributed by atoms with Gasteiger partial charge in [-0.1, -0.05) is 27.7 Å². The normalized spacial score (nSPS) is 13.8. The minimum Gasteiger partial charge on any atom is -0.358 e. The molecule has 5 heteroatoms. The summed E-state index contributed by atoms with van der Waals surface area (Å²) in [6.07, 6.45) is 2.03. The first-order chi connectivity index (χ1) is 7.47. The summed E-state index contributed by atoms with van der Waals surface area (Å²) in [5.74, 6) is 0.905. The second-order valence-electron chi connectivity index (χ2n) is 5.00. The van der Waals surface area contributed by atoms with E-state index >= 15 is 0 Å². The first kappa shape index (κ1) is 13.4. The summed E-state index contributed by atoms with van der Waals surface area (Å²) in [7, 11) is 0. The van der Waals surface area contributed by atoms with Gasteiger partial charge in [0.2, 0.25) is 5.13 Å². The number of hydrogen-bond acceptors (Lipinski definition) is 5. The Hall–Kier alpha value is -0.680. The van der Waals surface area contributed by atoms with Crippen molar-refractivity contribution in [2.24, 2.45) is 5.73 Å². The van der Waals surface area contributed by atoms with Gasteiger partial charge in [0.25, 0.3) is 0 Å². The van der Waals surface area contributed by atoms with E-state index in [1.54, 1.807) is 0 Å². The van der Waals surface area contributed by atoms with Crippen LogP contribution in [0, 0.1) is 0 Å². The maximum Gasteiger partial charge on any atom is 0.202 e. The molecule has 16 heavy (non-hydrogen) atoms.